The van der Waals surface area contributed by atoms with Crippen molar-refractivity contribution in [3.05, 3.63) is 36.1 Å². The van der Waals surface area contributed by atoms with Crippen molar-refractivity contribution in [3.63, 3.8) is 0 Å². The zero-order valence-corrected chi connectivity index (χ0v) is 9.47. The van der Waals surface area contributed by atoms with Crippen LogP contribution in [0.5, 0.6) is 0 Å². The first-order chi connectivity index (χ1) is 8.63. The molecule has 0 spiro atoms. The van der Waals surface area contributed by atoms with Gasteiger partial charge in [0.25, 0.3) is 0 Å². The minimum atomic E-state index is -1.09. The molecule has 0 saturated heterocycles. The molecular weight excluding hydrogens is 234 g/mol. The van der Waals surface area contributed by atoms with Gasteiger partial charge in [-0.15, -0.1) is 0 Å². The standard InChI is InChI=1S/C12H9N3O3/c1-6-14-8-3-2-7(4-10(8)18-6)9-5-13-11(15-9)12(16)17/h2-5H,1H3,(H,13,15)(H,16,17). The summed E-state index contributed by atoms with van der Waals surface area (Å²) in [5, 5.41) is 8.80. The summed E-state index contributed by atoms with van der Waals surface area (Å²) in [4.78, 5) is 21.4. The third kappa shape index (κ3) is 1.64. The van der Waals surface area contributed by atoms with Crippen molar-refractivity contribution in [3.8, 4) is 11.3 Å². The number of carbonyl (C=O) groups is 1. The maximum absolute atomic E-state index is 10.7. The first-order valence-corrected chi connectivity index (χ1v) is 5.29. The van der Waals surface area contributed by atoms with Gasteiger partial charge in [-0.2, -0.15) is 0 Å². The molecule has 0 aliphatic heterocycles. The Balaban J connectivity index is 2.09. The number of nitrogens with one attached hydrogen (secondary N) is 1. The van der Waals surface area contributed by atoms with Crippen LogP contribution >= 0.6 is 0 Å². The van der Waals surface area contributed by atoms with E-state index >= 15 is 0 Å². The molecule has 0 aliphatic carbocycles. The molecule has 2 N–H and O–H groups in total. The molecule has 6 heteroatoms. The molecule has 18 heavy (non-hydrogen) atoms. The molecule has 90 valence electrons. The lowest BCUT2D eigenvalue weighted by atomic mass is 10.1. The van der Waals surface area contributed by atoms with Crippen LogP contribution in [0.3, 0.4) is 0 Å². The number of imidazole rings is 1. The van der Waals surface area contributed by atoms with Crippen LogP contribution < -0.4 is 0 Å². The van der Waals surface area contributed by atoms with E-state index < -0.39 is 5.97 Å². The summed E-state index contributed by atoms with van der Waals surface area (Å²) < 4.78 is 5.42. The molecule has 0 atom stereocenters. The summed E-state index contributed by atoms with van der Waals surface area (Å²) in [6.45, 7) is 1.78. The minimum Gasteiger partial charge on any atom is -0.475 e. The van der Waals surface area contributed by atoms with Crippen molar-refractivity contribution in [1.29, 1.82) is 0 Å². The van der Waals surface area contributed by atoms with Crippen LogP contribution in [0.25, 0.3) is 22.4 Å². The first-order valence-electron chi connectivity index (χ1n) is 5.29. The highest BCUT2D eigenvalue weighted by atomic mass is 16.4. The van der Waals surface area contributed by atoms with E-state index in [1.54, 1.807) is 13.0 Å². The Bertz CT molecular complexity index is 742. The Morgan fingerprint density at radius 1 is 1.44 bits per heavy atom. The lowest BCUT2D eigenvalue weighted by molar-refractivity contribution is 0.0685. The molecule has 0 fully saturated rings. The molecule has 2 heterocycles. The summed E-state index contributed by atoms with van der Waals surface area (Å²) >= 11 is 0. The smallest absolute Gasteiger partial charge is 0.371 e. The highest BCUT2D eigenvalue weighted by Crippen LogP contribution is 2.23. The molecule has 0 amide bonds. The third-order valence-electron chi connectivity index (χ3n) is 2.58. The van der Waals surface area contributed by atoms with Crippen LogP contribution in [-0.2, 0) is 0 Å². The van der Waals surface area contributed by atoms with E-state index in [-0.39, 0.29) is 5.82 Å². The Morgan fingerprint density at radius 2 is 2.28 bits per heavy atom. The topological polar surface area (TPSA) is 92.0 Å². The van der Waals surface area contributed by atoms with Crippen molar-refractivity contribution >= 4 is 17.1 Å². The highest BCUT2D eigenvalue weighted by molar-refractivity contribution is 5.85. The predicted molar refractivity (Wildman–Crippen MR) is 63.3 cm³/mol. The van der Waals surface area contributed by atoms with Gasteiger partial charge in [-0.1, -0.05) is 6.07 Å². The number of hydrogen-bond donors (Lipinski definition) is 2. The Morgan fingerprint density at radius 3 is 3.00 bits per heavy atom. The van der Waals surface area contributed by atoms with Crippen molar-refractivity contribution in [2.24, 2.45) is 0 Å². The SMILES string of the molecule is Cc1nc2ccc(-c3cnc(C(=O)O)[nH]3)cc2o1. The van der Waals surface area contributed by atoms with Crippen LogP contribution in [0, 0.1) is 6.92 Å². The lowest BCUT2D eigenvalue weighted by Crippen LogP contribution is -1.98. The number of aryl methyl sites for hydroxylation is 1. The number of nitrogens with zero attached hydrogens (tertiary/aromatic N) is 2. The zero-order valence-electron chi connectivity index (χ0n) is 9.47. The fourth-order valence-corrected chi connectivity index (χ4v) is 1.78. The fraction of sp³-hybridized carbons (Fsp3) is 0.0833. The largest absolute Gasteiger partial charge is 0.475 e. The number of carboxylic acids is 1. The van der Waals surface area contributed by atoms with E-state index in [4.69, 9.17) is 9.52 Å². The molecule has 0 bridgehead atoms. The second-order valence-electron chi connectivity index (χ2n) is 3.87. The second-order valence-corrected chi connectivity index (χ2v) is 3.87. The lowest BCUT2D eigenvalue weighted by Gasteiger charge is -1.96. The zero-order chi connectivity index (χ0) is 12.7. The van der Waals surface area contributed by atoms with Crippen LogP contribution in [0.4, 0.5) is 0 Å². The predicted octanol–water partition coefficient (Wildman–Crippen LogP) is 2.22. The van der Waals surface area contributed by atoms with Gasteiger partial charge in [0, 0.05) is 12.5 Å². The summed E-state index contributed by atoms with van der Waals surface area (Å²) in [6, 6.07) is 5.46. The van der Waals surface area contributed by atoms with E-state index in [1.165, 1.54) is 6.20 Å². The number of carboxylic acid groups (broad SMARTS) is 1. The number of aromatic amines is 1. The number of H-pyrrole nitrogens is 1. The van der Waals surface area contributed by atoms with Gasteiger partial charge in [0.15, 0.2) is 11.5 Å². The molecule has 0 unspecified atom stereocenters. The minimum absolute atomic E-state index is 0.0844. The van der Waals surface area contributed by atoms with E-state index in [9.17, 15) is 4.79 Å². The van der Waals surface area contributed by atoms with Gasteiger partial charge in [0.1, 0.15) is 5.52 Å². The number of rotatable bonds is 2. The van der Waals surface area contributed by atoms with Crippen LogP contribution in [0.15, 0.2) is 28.8 Å². The van der Waals surface area contributed by atoms with Gasteiger partial charge in [-0.05, 0) is 12.1 Å². The van der Waals surface area contributed by atoms with Gasteiger partial charge < -0.3 is 14.5 Å². The summed E-state index contributed by atoms with van der Waals surface area (Å²) in [6.07, 6.45) is 1.48. The normalized spacial score (nSPS) is 10.9. The molecule has 0 radical (unpaired) electrons. The van der Waals surface area contributed by atoms with Gasteiger partial charge in [0.05, 0.1) is 11.9 Å². The van der Waals surface area contributed by atoms with Gasteiger partial charge >= 0.3 is 5.97 Å². The van der Waals surface area contributed by atoms with Gasteiger partial charge in [0.2, 0.25) is 5.82 Å². The molecule has 3 aromatic rings. The summed E-state index contributed by atoms with van der Waals surface area (Å²) in [5.41, 5.74) is 2.87. The number of hydrogen-bond acceptors (Lipinski definition) is 4. The average molecular weight is 243 g/mol. The van der Waals surface area contributed by atoms with Crippen molar-refractivity contribution in [1.82, 2.24) is 15.0 Å². The highest BCUT2D eigenvalue weighted by Gasteiger charge is 2.10. The maximum atomic E-state index is 10.7. The maximum Gasteiger partial charge on any atom is 0.371 e. The molecule has 0 aliphatic rings. The second kappa shape index (κ2) is 3.69. The molecule has 3 rings (SSSR count). The summed E-state index contributed by atoms with van der Waals surface area (Å²) in [5.74, 6) is -0.574. The molecular formula is C12H9N3O3. The van der Waals surface area contributed by atoms with Gasteiger partial charge in [-0.3, -0.25) is 0 Å². The Hall–Kier alpha value is -2.63. The molecule has 0 saturated carbocycles. The molecule has 2 aromatic heterocycles. The number of aromatic carboxylic acids is 1. The molecule has 1 aromatic carbocycles. The number of aromatic nitrogens is 3. The quantitative estimate of drug-likeness (QED) is 0.720. The van der Waals surface area contributed by atoms with E-state index in [2.05, 4.69) is 15.0 Å². The van der Waals surface area contributed by atoms with Crippen molar-refractivity contribution in [2.75, 3.05) is 0 Å². The van der Waals surface area contributed by atoms with E-state index in [0.717, 1.165) is 11.1 Å². The average Bonchev–Trinajstić information content (AvgIpc) is 2.91. The van der Waals surface area contributed by atoms with Crippen molar-refractivity contribution in [2.45, 2.75) is 6.92 Å². The monoisotopic (exact) mass is 243 g/mol. The number of benzene rings is 1. The Kier molecular flexibility index (Phi) is 2.16. The molecule has 6 nitrogen and oxygen atoms in total. The fourth-order valence-electron chi connectivity index (χ4n) is 1.78. The van der Waals surface area contributed by atoms with Crippen LogP contribution in [0.1, 0.15) is 16.5 Å². The number of oxazole rings is 1. The first kappa shape index (κ1) is 10.5. The third-order valence-corrected chi connectivity index (χ3v) is 2.58. The van der Waals surface area contributed by atoms with Gasteiger partial charge in [-0.25, -0.2) is 14.8 Å². The Labute approximate surface area is 101 Å². The van der Waals surface area contributed by atoms with Crippen LogP contribution in [-0.4, -0.2) is 26.0 Å². The van der Waals surface area contributed by atoms with Crippen LogP contribution in [0.2, 0.25) is 0 Å². The number of fused-ring (bicyclic) bond motifs is 1. The summed E-state index contributed by atoms with van der Waals surface area (Å²) in [7, 11) is 0. The van der Waals surface area contributed by atoms with E-state index in [1.807, 2.05) is 12.1 Å². The van der Waals surface area contributed by atoms with Crippen molar-refractivity contribution < 1.29 is 14.3 Å². The van der Waals surface area contributed by atoms with E-state index in [0.29, 0.717) is 17.2 Å².